The molecule has 0 bridgehead atoms. The average molecular weight is 430 g/mol. The highest BCUT2D eigenvalue weighted by molar-refractivity contribution is 6.11. The lowest BCUT2D eigenvalue weighted by atomic mass is 9.89. The highest BCUT2D eigenvalue weighted by atomic mass is 16.2. The van der Waals surface area contributed by atoms with Gasteiger partial charge >= 0.3 is 6.03 Å². The van der Waals surface area contributed by atoms with E-state index < -0.39 is 17.5 Å². The topological polar surface area (TPSA) is 110 Å². The fourth-order valence-corrected chi connectivity index (χ4v) is 4.42. The minimum atomic E-state index is -1.29. The van der Waals surface area contributed by atoms with Crippen molar-refractivity contribution >= 4 is 17.7 Å². The molecule has 5 rings (SSSR count). The number of carbonyl (C=O) groups excluding carboxylic acids is 3. The Bertz CT molecular complexity index is 1220. The molecule has 2 heterocycles. The number of Topliss-reactive ketones (excluding diaryl/α,β-unsaturated/α-hetero) is 1. The van der Waals surface area contributed by atoms with Crippen molar-refractivity contribution in [3.8, 4) is 5.69 Å². The second-order valence-electron chi connectivity index (χ2n) is 8.36. The van der Waals surface area contributed by atoms with E-state index in [2.05, 4.69) is 20.8 Å². The first-order chi connectivity index (χ1) is 15.5. The summed E-state index contributed by atoms with van der Waals surface area (Å²) in [6, 6.07) is 12.1. The van der Waals surface area contributed by atoms with E-state index in [1.807, 2.05) is 12.1 Å². The van der Waals surface area contributed by atoms with Gasteiger partial charge in [0.25, 0.3) is 5.91 Å². The number of carbonyl (C=O) groups is 3. The number of tetrazole rings is 1. The Morgan fingerprint density at radius 2 is 1.91 bits per heavy atom. The van der Waals surface area contributed by atoms with E-state index in [9.17, 15) is 14.4 Å². The van der Waals surface area contributed by atoms with Crippen LogP contribution in [0.3, 0.4) is 0 Å². The van der Waals surface area contributed by atoms with Crippen LogP contribution in [0.15, 0.2) is 48.8 Å². The minimum Gasteiger partial charge on any atom is -0.319 e. The molecular formula is C23H22N6O3. The van der Waals surface area contributed by atoms with Crippen LogP contribution in [-0.2, 0) is 23.2 Å². The van der Waals surface area contributed by atoms with Gasteiger partial charge in [-0.3, -0.25) is 14.5 Å². The summed E-state index contributed by atoms with van der Waals surface area (Å²) < 4.78 is 1.46. The van der Waals surface area contributed by atoms with Crippen molar-refractivity contribution in [1.29, 1.82) is 0 Å². The number of nitrogens with zero attached hydrogens (tertiary/aromatic N) is 5. The van der Waals surface area contributed by atoms with E-state index in [0.717, 1.165) is 30.6 Å². The molecule has 1 aromatic heterocycles. The van der Waals surface area contributed by atoms with Crippen molar-refractivity contribution in [3.05, 3.63) is 71.0 Å². The summed E-state index contributed by atoms with van der Waals surface area (Å²) in [7, 11) is 0. The van der Waals surface area contributed by atoms with E-state index in [1.54, 1.807) is 37.3 Å². The predicted octanol–water partition coefficient (Wildman–Crippen LogP) is 2.19. The zero-order valence-corrected chi connectivity index (χ0v) is 17.6. The number of hydrogen-bond acceptors (Lipinski definition) is 6. The van der Waals surface area contributed by atoms with Crippen molar-refractivity contribution in [1.82, 2.24) is 30.4 Å². The zero-order chi connectivity index (χ0) is 22.3. The van der Waals surface area contributed by atoms with Gasteiger partial charge < -0.3 is 5.32 Å². The lowest BCUT2D eigenvalue weighted by Gasteiger charge is -2.22. The normalized spacial score (nSPS) is 20.2. The fourth-order valence-electron chi connectivity index (χ4n) is 4.42. The molecule has 3 amide bonds. The summed E-state index contributed by atoms with van der Waals surface area (Å²) in [5.41, 5.74) is 2.92. The average Bonchev–Trinajstić information content (AvgIpc) is 3.43. The Labute approximate surface area is 184 Å². The molecule has 2 aromatic carbocycles. The number of hydrogen-bond donors (Lipinski definition) is 1. The number of urea groups is 1. The number of benzene rings is 2. The molecular weight excluding hydrogens is 408 g/mol. The van der Waals surface area contributed by atoms with Crippen LogP contribution < -0.4 is 5.32 Å². The number of ketones is 1. The number of aromatic nitrogens is 4. The second kappa shape index (κ2) is 7.67. The molecule has 0 spiro atoms. The Morgan fingerprint density at radius 3 is 2.69 bits per heavy atom. The van der Waals surface area contributed by atoms with Crippen LogP contribution in [0, 0.1) is 0 Å². The number of imide groups is 1. The minimum absolute atomic E-state index is 0.256. The van der Waals surface area contributed by atoms with E-state index in [4.69, 9.17) is 0 Å². The van der Waals surface area contributed by atoms with Crippen molar-refractivity contribution < 1.29 is 14.4 Å². The van der Waals surface area contributed by atoms with Gasteiger partial charge in [-0.15, -0.1) is 5.10 Å². The smallest absolute Gasteiger partial charge is 0.319 e. The molecule has 0 unspecified atom stereocenters. The number of fused-ring (bicyclic) bond motifs is 1. The molecule has 32 heavy (non-hydrogen) atoms. The quantitative estimate of drug-likeness (QED) is 0.491. The van der Waals surface area contributed by atoms with Crippen molar-refractivity contribution in [3.63, 3.8) is 0 Å². The first-order valence-corrected chi connectivity index (χ1v) is 10.6. The molecule has 2 aliphatic rings. The predicted molar refractivity (Wildman–Crippen MR) is 114 cm³/mol. The summed E-state index contributed by atoms with van der Waals surface area (Å²) in [5.74, 6) is -0.726. The van der Waals surface area contributed by atoms with Gasteiger partial charge in [-0.25, -0.2) is 9.48 Å². The summed E-state index contributed by atoms with van der Waals surface area (Å²) in [6.45, 7) is 1.33. The third-order valence-electron chi connectivity index (χ3n) is 6.28. The van der Waals surface area contributed by atoms with Gasteiger partial charge in [-0.05, 0) is 77.9 Å². The standard InChI is InChI=1S/C23H22N6O3/c1-23(18-7-4-8-19(12-18)29-14-24-26-27-29)21(31)28(22(32)25-23)13-20(30)17-10-9-15-5-2-3-6-16(15)11-17/h4,7-12,14H,2-3,5-6,13H2,1H3,(H,25,32)/t23-/m0/s1. The molecule has 0 radical (unpaired) electrons. The number of nitrogens with one attached hydrogen (secondary N) is 1. The van der Waals surface area contributed by atoms with Crippen molar-refractivity contribution in [2.24, 2.45) is 0 Å². The number of rotatable bonds is 5. The van der Waals surface area contributed by atoms with Crippen LogP contribution in [0.2, 0.25) is 0 Å². The molecule has 9 nitrogen and oxygen atoms in total. The first kappa shape index (κ1) is 20.0. The lowest BCUT2D eigenvalue weighted by Crippen LogP contribution is -2.41. The van der Waals surface area contributed by atoms with Gasteiger partial charge in [0.15, 0.2) is 5.78 Å². The van der Waals surface area contributed by atoms with Gasteiger partial charge in [0, 0.05) is 5.56 Å². The van der Waals surface area contributed by atoms with Gasteiger partial charge in [-0.2, -0.15) is 0 Å². The molecule has 1 N–H and O–H groups in total. The summed E-state index contributed by atoms with van der Waals surface area (Å²) in [4.78, 5) is 39.9. The molecule has 1 saturated heterocycles. The fraction of sp³-hybridized carbons (Fsp3) is 0.304. The van der Waals surface area contributed by atoms with Crippen LogP contribution in [0.25, 0.3) is 5.69 Å². The lowest BCUT2D eigenvalue weighted by molar-refractivity contribution is -0.130. The van der Waals surface area contributed by atoms with E-state index in [1.165, 1.54) is 22.1 Å². The van der Waals surface area contributed by atoms with E-state index >= 15 is 0 Å². The summed E-state index contributed by atoms with van der Waals surface area (Å²) in [5, 5.41) is 13.8. The van der Waals surface area contributed by atoms with Gasteiger partial charge in [0.2, 0.25) is 0 Å². The third-order valence-corrected chi connectivity index (χ3v) is 6.28. The SMILES string of the molecule is C[C@@]1(c2cccc(-n3cnnn3)c2)NC(=O)N(CC(=O)c2ccc3c(c2)CCCC3)C1=O. The first-order valence-electron chi connectivity index (χ1n) is 10.6. The molecule has 1 fully saturated rings. The van der Waals surface area contributed by atoms with Crippen LogP contribution in [0.1, 0.15) is 46.8 Å². The number of amides is 3. The molecule has 9 heteroatoms. The largest absolute Gasteiger partial charge is 0.325 e. The van der Waals surface area contributed by atoms with E-state index in [-0.39, 0.29) is 12.3 Å². The zero-order valence-electron chi connectivity index (χ0n) is 17.6. The third kappa shape index (κ3) is 3.35. The Morgan fingerprint density at radius 1 is 1.09 bits per heavy atom. The van der Waals surface area contributed by atoms with Gasteiger partial charge in [0.05, 0.1) is 12.2 Å². The van der Waals surface area contributed by atoms with Crippen LogP contribution >= 0.6 is 0 Å². The van der Waals surface area contributed by atoms with Crippen molar-refractivity contribution in [2.45, 2.75) is 38.1 Å². The van der Waals surface area contributed by atoms with Crippen molar-refractivity contribution in [2.75, 3.05) is 6.54 Å². The maximum absolute atomic E-state index is 13.3. The molecule has 1 aliphatic carbocycles. The maximum Gasteiger partial charge on any atom is 0.325 e. The second-order valence-corrected chi connectivity index (χ2v) is 8.36. The van der Waals surface area contributed by atoms with Crippen LogP contribution in [0.5, 0.6) is 0 Å². The summed E-state index contributed by atoms with van der Waals surface area (Å²) in [6.07, 6.45) is 5.70. The Balaban J connectivity index is 1.38. The van der Waals surface area contributed by atoms with Gasteiger partial charge in [0.1, 0.15) is 11.9 Å². The molecule has 0 saturated carbocycles. The van der Waals surface area contributed by atoms with Gasteiger partial charge in [-0.1, -0.05) is 24.3 Å². The Hall–Kier alpha value is -3.88. The molecule has 162 valence electrons. The molecule has 1 atom stereocenters. The molecule has 1 aliphatic heterocycles. The molecule has 3 aromatic rings. The highest BCUT2D eigenvalue weighted by Crippen LogP contribution is 2.30. The van der Waals surface area contributed by atoms with Crippen LogP contribution in [-0.4, -0.2) is 49.4 Å². The monoisotopic (exact) mass is 430 g/mol. The van der Waals surface area contributed by atoms with E-state index in [0.29, 0.717) is 16.8 Å². The maximum atomic E-state index is 13.3. The Kier molecular flexibility index (Phi) is 4.80. The summed E-state index contributed by atoms with van der Waals surface area (Å²) >= 11 is 0. The van der Waals surface area contributed by atoms with Crippen LogP contribution in [0.4, 0.5) is 4.79 Å². The number of aryl methyl sites for hydroxylation is 2. The highest BCUT2D eigenvalue weighted by Gasteiger charge is 2.49.